The Kier molecular flexibility index (Phi) is 4.01. The Balaban J connectivity index is 1.93. The Morgan fingerprint density at radius 3 is 2.95 bits per heavy atom. The van der Waals surface area contributed by atoms with Crippen LogP contribution < -0.4 is 5.32 Å². The number of β-amino-alcohol motifs (C(OH)–C–C–N with tert-alkyl or cyclic N) is 1. The first-order valence-electron chi connectivity index (χ1n) is 5.83. The monoisotopic (exact) mass is 285 g/mol. The van der Waals surface area contributed by atoms with Gasteiger partial charge in [0.05, 0.1) is 12.6 Å². The van der Waals surface area contributed by atoms with Crippen LogP contribution in [-0.2, 0) is 11.3 Å². The molecule has 0 aromatic carbocycles. The number of hydrogen-bond acceptors (Lipinski definition) is 5. The molecule has 8 heteroatoms. The number of carbonyl (C=O) groups excluding carboxylic acids is 1. The first-order valence-corrected chi connectivity index (χ1v) is 6.71. The normalized spacial score (nSPS) is 22.5. The van der Waals surface area contributed by atoms with Crippen molar-refractivity contribution < 1.29 is 19.8 Å². The largest absolute Gasteiger partial charge is 0.480 e. The lowest BCUT2D eigenvalue weighted by atomic mass is 10.2. The van der Waals surface area contributed by atoms with Gasteiger partial charge in [0, 0.05) is 24.0 Å². The molecule has 0 aliphatic carbocycles. The van der Waals surface area contributed by atoms with Gasteiger partial charge in [-0.1, -0.05) is 0 Å². The smallest absolute Gasteiger partial charge is 0.326 e. The summed E-state index contributed by atoms with van der Waals surface area (Å²) in [6.07, 6.45) is -0.715. The minimum absolute atomic E-state index is 0.0414. The van der Waals surface area contributed by atoms with E-state index in [0.29, 0.717) is 0 Å². The number of nitrogens with zero attached hydrogens (tertiary/aromatic N) is 2. The molecular formula is C11H15N3O4S. The summed E-state index contributed by atoms with van der Waals surface area (Å²) in [4.78, 5) is 28.2. The van der Waals surface area contributed by atoms with E-state index in [4.69, 9.17) is 5.11 Å². The average Bonchev–Trinajstić information content (AvgIpc) is 2.92. The zero-order valence-electron chi connectivity index (χ0n) is 10.4. The van der Waals surface area contributed by atoms with Gasteiger partial charge in [-0.25, -0.2) is 14.6 Å². The molecule has 0 bridgehead atoms. The fraction of sp³-hybridized carbons (Fsp3) is 0.545. The van der Waals surface area contributed by atoms with Gasteiger partial charge in [0.15, 0.2) is 0 Å². The molecule has 1 fully saturated rings. The summed E-state index contributed by atoms with van der Waals surface area (Å²) in [6.45, 7) is 2.16. The second kappa shape index (κ2) is 5.54. The standard InChI is InChI=1S/C11H15N3O4S/c1-6-5-19-9(13-6)3-12-11(18)14-4-7(15)2-8(14)10(16)17/h5,7-8,15H,2-4H2,1H3,(H,12,18)(H,16,17)/t7-,8-/m1/s1. The van der Waals surface area contributed by atoms with E-state index < -0.39 is 24.1 Å². The SMILES string of the molecule is Cc1csc(CNC(=O)N2C[C@H](O)C[C@@H]2C(=O)O)n1. The van der Waals surface area contributed by atoms with Crippen LogP contribution in [0.5, 0.6) is 0 Å². The Bertz CT molecular complexity index is 490. The Morgan fingerprint density at radius 2 is 2.37 bits per heavy atom. The lowest BCUT2D eigenvalue weighted by Gasteiger charge is -2.21. The number of hydrogen-bond donors (Lipinski definition) is 3. The molecule has 2 amide bonds. The number of aromatic nitrogens is 1. The van der Waals surface area contributed by atoms with Crippen molar-refractivity contribution >= 4 is 23.3 Å². The molecule has 0 unspecified atom stereocenters. The van der Waals surface area contributed by atoms with Crippen LogP contribution in [-0.4, -0.2) is 50.8 Å². The zero-order chi connectivity index (χ0) is 14.0. The Hall–Kier alpha value is -1.67. The average molecular weight is 285 g/mol. The van der Waals surface area contributed by atoms with E-state index in [0.717, 1.165) is 15.6 Å². The first-order chi connectivity index (χ1) is 8.97. The van der Waals surface area contributed by atoms with Crippen LogP contribution in [0.3, 0.4) is 0 Å². The molecule has 1 aliphatic rings. The number of likely N-dealkylation sites (tertiary alicyclic amines) is 1. The highest BCUT2D eigenvalue weighted by molar-refractivity contribution is 7.09. The topological polar surface area (TPSA) is 103 Å². The summed E-state index contributed by atoms with van der Waals surface area (Å²) in [6, 6.07) is -1.45. The summed E-state index contributed by atoms with van der Waals surface area (Å²) in [7, 11) is 0. The molecule has 2 heterocycles. The quantitative estimate of drug-likeness (QED) is 0.735. The molecule has 2 atom stereocenters. The summed E-state index contributed by atoms with van der Waals surface area (Å²) in [5.41, 5.74) is 0.884. The summed E-state index contributed by atoms with van der Waals surface area (Å²) >= 11 is 1.43. The van der Waals surface area contributed by atoms with Gasteiger partial charge in [0.2, 0.25) is 0 Å². The molecule has 3 N–H and O–H groups in total. The van der Waals surface area contributed by atoms with E-state index in [9.17, 15) is 14.7 Å². The van der Waals surface area contributed by atoms with Crippen LogP contribution in [0.2, 0.25) is 0 Å². The minimum atomic E-state index is -1.10. The van der Waals surface area contributed by atoms with Crippen LogP contribution in [0, 0.1) is 6.92 Å². The summed E-state index contributed by atoms with van der Waals surface area (Å²) in [5.74, 6) is -1.10. The number of rotatable bonds is 3. The maximum absolute atomic E-state index is 11.9. The third-order valence-electron chi connectivity index (χ3n) is 2.88. The molecule has 2 rings (SSSR count). The van der Waals surface area contributed by atoms with Crippen LogP contribution >= 0.6 is 11.3 Å². The van der Waals surface area contributed by atoms with Gasteiger partial charge in [-0.15, -0.1) is 11.3 Å². The van der Waals surface area contributed by atoms with Crippen LogP contribution in [0.25, 0.3) is 0 Å². The number of urea groups is 1. The third kappa shape index (κ3) is 3.21. The number of aliphatic hydroxyl groups is 1. The van der Waals surface area contributed by atoms with Crippen LogP contribution in [0.1, 0.15) is 17.1 Å². The molecule has 0 radical (unpaired) electrons. The van der Waals surface area contributed by atoms with Crippen molar-refractivity contribution in [2.75, 3.05) is 6.54 Å². The van der Waals surface area contributed by atoms with Crippen molar-refractivity contribution in [1.29, 1.82) is 0 Å². The second-order valence-corrected chi connectivity index (χ2v) is 5.38. The maximum Gasteiger partial charge on any atom is 0.326 e. The number of aliphatic hydroxyl groups excluding tert-OH is 1. The van der Waals surface area contributed by atoms with E-state index >= 15 is 0 Å². The lowest BCUT2D eigenvalue weighted by molar-refractivity contribution is -0.141. The van der Waals surface area contributed by atoms with Crippen LogP contribution in [0.4, 0.5) is 4.79 Å². The molecule has 7 nitrogen and oxygen atoms in total. The first kappa shape index (κ1) is 13.8. The number of nitrogens with one attached hydrogen (secondary N) is 1. The second-order valence-electron chi connectivity index (χ2n) is 4.44. The maximum atomic E-state index is 11.9. The molecule has 1 aromatic heterocycles. The van der Waals surface area contributed by atoms with Gasteiger partial charge < -0.3 is 20.4 Å². The van der Waals surface area contributed by atoms with E-state index in [1.54, 1.807) is 0 Å². The van der Waals surface area contributed by atoms with E-state index in [2.05, 4.69) is 10.3 Å². The van der Waals surface area contributed by atoms with Gasteiger partial charge in [-0.2, -0.15) is 0 Å². The van der Waals surface area contributed by atoms with Gasteiger partial charge in [-0.3, -0.25) is 0 Å². The third-order valence-corrected chi connectivity index (χ3v) is 3.85. The van der Waals surface area contributed by atoms with E-state index in [1.165, 1.54) is 11.3 Å². The number of amides is 2. The van der Waals surface area contributed by atoms with Crippen molar-refractivity contribution in [2.45, 2.75) is 32.0 Å². The summed E-state index contributed by atoms with van der Waals surface area (Å²) in [5, 5.41) is 23.7. The fourth-order valence-corrected chi connectivity index (χ4v) is 2.72. The van der Waals surface area contributed by atoms with Gasteiger partial charge in [-0.05, 0) is 6.92 Å². The molecule has 1 aromatic rings. The number of thiazole rings is 1. The molecule has 19 heavy (non-hydrogen) atoms. The highest BCUT2D eigenvalue weighted by Gasteiger charge is 2.38. The predicted molar refractivity (Wildman–Crippen MR) is 67.8 cm³/mol. The van der Waals surface area contributed by atoms with Crippen molar-refractivity contribution in [3.05, 3.63) is 16.1 Å². The highest BCUT2D eigenvalue weighted by Crippen LogP contribution is 2.18. The molecule has 1 aliphatic heterocycles. The number of carboxylic acid groups (broad SMARTS) is 1. The van der Waals surface area contributed by atoms with Crippen LogP contribution in [0.15, 0.2) is 5.38 Å². The van der Waals surface area contributed by atoms with Gasteiger partial charge in [0.25, 0.3) is 0 Å². The Labute approximate surface area is 113 Å². The van der Waals surface area contributed by atoms with Gasteiger partial charge in [0.1, 0.15) is 11.0 Å². The molecule has 104 valence electrons. The fourth-order valence-electron chi connectivity index (χ4n) is 2.01. The van der Waals surface area contributed by atoms with E-state index in [-0.39, 0.29) is 19.5 Å². The van der Waals surface area contributed by atoms with E-state index in [1.807, 2.05) is 12.3 Å². The number of aliphatic carboxylic acids is 1. The summed E-state index contributed by atoms with van der Waals surface area (Å²) < 4.78 is 0. The number of carbonyl (C=O) groups is 2. The van der Waals surface area contributed by atoms with Gasteiger partial charge >= 0.3 is 12.0 Å². The van der Waals surface area contributed by atoms with Crippen molar-refractivity contribution in [2.24, 2.45) is 0 Å². The zero-order valence-corrected chi connectivity index (χ0v) is 11.2. The molecule has 0 saturated carbocycles. The molecular weight excluding hydrogens is 270 g/mol. The lowest BCUT2D eigenvalue weighted by Crippen LogP contribution is -2.45. The van der Waals surface area contributed by atoms with Crippen molar-refractivity contribution in [1.82, 2.24) is 15.2 Å². The van der Waals surface area contributed by atoms with Crippen molar-refractivity contribution in [3.8, 4) is 0 Å². The molecule has 0 spiro atoms. The number of carboxylic acids is 1. The predicted octanol–water partition coefficient (Wildman–Crippen LogP) is 0.181. The highest BCUT2D eigenvalue weighted by atomic mass is 32.1. The molecule has 1 saturated heterocycles. The minimum Gasteiger partial charge on any atom is -0.480 e. The Morgan fingerprint density at radius 1 is 1.63 bits per heavy atom. The van der Waals surface area contributed by atoms with Crippen molar-refractivity contribution in [3.63, 3.8) is 0 Å². The number of aryl methyl sites for hydroxylation is 1.